The summed E-state index contributed by atoms with van der Waals surface area (Å²) in [6.45, 7) is 1.97. The van der Waals surface area contributed by atoms with Gasteiger partial charge in [-0.25, -0.2) is 9.78 Å². The van der Waals surface area contributed by atoms with Gasteiger partial charge < -0.3 is 9.52 Å². The highest BCUT2D eigenvalue weighted by Crippen LogP contribution is 2.18. The lowest BCUT2D eigenvalue weighted by Crippen LogP contribution is -1.85. The van der Waals surface area contributed by atoms with Gasteiger partial charge in [-0.05, 0) is 23.8 Å². The topological polar surface area (TPSA) is 63.3 Å². The Balaban J connectivity index is 2.39. The summed E-state index contributed by atoms with van der Waals surface area (Å²) in [7, 11) is 0. The normalized spacial score (nSPS) is 11.3. The van der Waals surface area contributed by atoms with Crippen molar-refractivity contribution in [2.45, 2.75) is 13.3 Å². The number of carboxylic acid groups (broad SMARTS) is 1. The summed E-state index contributed by atoms with van der Waals surface area (Å²) in [6.07, 6.45) is 3.36. The first-order valence-electron chi connectivity index (χ1n) is 4.99. The van der Waals surface area contributed by atoms with Gasteiger partial charge in [-0.15, -0.1) is 0 Å². The third-order valence-electron chi connectivity index (χ3n) is 2.18. The lowest BCUT2D eigenvalue weighted by atomic mass is 10.2. The Labute approximate surface area is 92.2 Å². The van der Waals surface area contributed by atoms with Crippen LogP contribution in [0.3, 0.4) is 0 Å². The van der Waals surface area contributed by atoms with Gasteiger partial charge in [-0.2, -0.15) is 0 Å². The molecule has 0 radical (unpaired) electrons. The molecule has 0 saturated carbocycles. The van der Waals surface area contributed by atoms with Gasteiger partial charge in [-0.1, -0.05) is 13.0 Å². The highest BCUT2D eigenvalue weighted by molar-refractivity contribution is 5.86. The molecule has 0 aliphatic rings. The molecule has 0 unspecified atom stereocenters. The molecule has 2 rings (SSSR count). The van der Waals surface area contributed by atoms with Gasteiger partial charge in [-0.3, -0.25) is 0 Å². The third kappa shape index (κ3) is 2.11. The summed E-state index contributed by atoms with van der Waals surface area (Å²) >= 11 is 0. The zero-order valence-electron chi connectivity index (χ0n) is 8.80. The molecule has 0 atom stereocenters. The summed E-state index contributed by atoms with van der Waals surface area (Å²) in [5, 5.41) is 8.51. The van der Waals surface area contributed by atoms with Gasteiger partial charge in [0.25, 0.3) is 0 Å². The molecule has 2 aromatic rings. The Hall–Kier alpha value is -2.10. The molecule has 16 heavy (non-hydrogen) atoms. The SMILES string of the molecule is CCc1nc2ccc(/C=C/C(=O)O)cc2o1. The smallest absolute Gasteiger partial charge is 0.328 e. The van der Waals surface area contributed by atoms with E-state index in [4.69, 9.17) is 9.52 Å². The first-order chi connectivity index (χ1) is 7.69. The third-order valence-corrected chi connectivity index (χ3v) is 2.18. The maximum atomic E-state index is 10.4. The van der Waals surface area contributed by atoms with Crippen molar-refractivity contribution in [1.82, 2.24) is 4.98 Å². The maximum absolute atomic E-state index is 10.4. The number of carbonyl (C=O) groups is 1. The average Bonchev–Trinajstić information content (AvgIpc) is 2.68. The minimum Gasteiger partial charge on any atom is -0.478 e. The number of aliphatic carboxylic acids is 1. The highest BCUT2D eigenvalue weighted by Gasteiger charge is 2.03. The van der Waals surface area contributed by atoms with Crippen molar-refractivity contribution in [3.63, 3.8) is 0 Å². The number of hydrogen-bond acceptors (Lipinski definition) is 3. The van der Waals surface area contributed by atoms with E-state index in [1.165, 1.54) is 6.08 Å². The van der Waals surface area contributed by atoms with E-state index in [1.807, 2.05) is 19.1 Å². The van der Waals surface area contributed by atoms with Gasteiger partial charge in [0.2, 0.25) is 0 Å². The van der Waals surface area contributed by atoms with Gasteiger partial charge in [0, 0.05) is 12.5 Å². The van der Waals surface area contributed by atoms with Crippen LogP contribution in [0.2, 0.25) is 0 Å². The summed E-state index contributed by atoms with van der Waals surface area (Å²) in [6, 6.07) is 5.41. The van der Waals surface area contributed by atoms with E-state index in [1.54, 1.807) is 6.07 Å². The number of hydrogen-bond donors (Lipinski definition) is 1. The molecule has 4 nitrogen and oxygen atoms in total. The molecule has 0 amide bonds. The lowest BCUT2D eigenvalue weighted by Gasteiger charge is -1.91. The van der Waals surface area contributed by atoms with Gasteiger partial charge >= 0.3 is 5.97 Å². The molecule has 0 saturated heterocycles. The molecular formula is C12H11NO3. The van der Waals surface area contributed by atoms with Crippen LogP contribution >= 0.6 is 0 Å². The Morgan fingerprint density at radius 3 is 3.06 bits per heavy atom. The molecule has 0 fully saturated rings. The number of nitrogens with zero attached hydrogens (tertiary/aromatic N) is 1. The number of oxazole rings is 1. The van der Waals surface area contributed by atoms with Crippen LogP contribution in [0.5, 0.6) is 0 Å². The molecule has 1 aromatic heterocycles. The van der Waals surface area contributed by atoms with Crippen molar-refractivity contribution in [3.8, 4) is 0 Å². The van der Waals surface area contributed by atoms with Crippen molar-refractivity contribution >= 4 is 23.1 Å². The van der Waals surface area contributed by atoms with Crippen LogP contribution in [-0.2, 0) is 11.2 Å². The number of benzene rings is 1. The van der Waals surface area contributed by atoms with E-state index >= 15 is 0 Å². The fourth-order valence-electron chi connectivity index (χ4n) is 1.41. The van der Waals surface area contributed by atoms with Crippen LogP contribution in [0.25, 0.3) is 17.2 Å². The number of rotatable bonds is 3. The fraction of sp³-hybridized carbons (Fsp3) is 0.167. The zero-order chi connectivity index (χ0) is 11.5. The largest absolute Gasteiger partial charge is 0.478 e. The van der Waals surface area contributed by atoms with Gasteiger partial charge in [0.05, 0.1) is 0 Å². The molecule has 0 aliphatic carbocycles. The maximum Gasteiger partial charge on any atom is 0.328 e. The molecule has 1 N–H and O–H groups in total. The second-order valence-corrected chi connectivity index (χ2v) is 3.36. The Bertz CT molecular complexity index is 554. The Morgan fingerprint density at radius 1 is 1.56 bits per heavy atom. The zero-order valence-corrected chi connectivity index (χ0v) is 8.80. The quantitative estimate of drug-likeness (QED) is 0.802. The van der Waals surface area contributed by atoms with E-state index < -0.39 is 5.97 Å². The first kappa shape index (κ1) is 10.4. The van der Waals surface area contributed by atoms with Crippen LogP contribution in [-0.4, -0.2) is 16.1 Å². The van der Waals surface area contributed by atoms with Crippen LogP contribution in [0.4, 0.5) is 0 Å². The number of aromatic nitrogens is 1. The standard InChI is InChI=1S/C12H11NO3/c1-2-11-13-9-5-3-8(4-6-12(14)15)7-10(9)16-11/h3-7H,2H2,1H3,(H,14,15)/b6-4+. The van der Waals surface area contributed by atoms with E-state index in [2.05, 4.69) is 4.98 Å². The predicted molar refractivity (Wildman–Crippen MR) is 60.1 cm³/mol. The number of carboxylic acids is 1. The molecule has 1 aromatic carbocycles. The average molecular weight is 217 g/mol. The van der Waals surface area contributed by atoms with E-state index in [9.17, 15) is 4.79 Å². The second kappa shape index (κ2) is 4.18. The van der Waals surface area contributed by atoms with Crippen molar-refractivity contribution in [2.24, 2.45) is 0 Å². The summed E-state index contributed by atoms with van der Waals surface area (Å²) < 4.78 is 5.47. The van der Waals surface area contributed by atoms with Gasteiger partial charge in [0.1, 0.15) is 5.52 Å². The second-order valence-electron chi connectivity index (χ2n) is 3.36. The van der Waals surface area contributed by atoms with Crippen molar-refractivity contribution in [2.75, 3.05) is 0 Å². The van der Waals surface area contributed by atoms with Crippen LogP contribution < -0.4 is 0 Å². The summed E-state index contributed by atoms with van der Waals surface area (Å²) in [4.78, 5) is 14.6. The minimum absolute atomic E-state index is 0.685. The highest BCUT2D eigenvalue weighted by atomic mass is 16.4. The van der Waals surface area contributed by atoms with E-state index in [-0.39, 0.29) is 0 Å². The summed E-state index contributed by atoms with van der Waals surface area (Å²) in [5.41, 5.74) is 2.27. The van der Waals surface area contributed by atoms with Crippen LogP contribution in [0.1, 0.15) is 18.4 Å². The fourth-order valence-corrected chi connectivity index (χ4v) is 1.41. The van der Waals surface area contributed by atoms with Crippen molar-refractivity contribution < 1.29 is 14.3 Å². The lowest BCUT2D eigenvalue weighted by molar-refractivity contribution is -0.131. The molecule has 82 valence electrons. The number of aryl methyl sites for hydroxylation is 1. The molecule has 1 heterocycles. The minimum atomic E-state index is -0.966. The molecule has 0 bridgehead atoms. The summed E-state index contributed by atoms with van der Waals surface area (Å²) in [5.74, 6) is -0.277. The first-order valence-corrected chi connectivity index (χ1v) is 4.99. The molecule has 0 aliphatic heterocycles. The molecule has 0 spiro atoms. The molecule has 4 heteroatoms. The van der Waals surface area contributed by atoms with Crippen LogP contribution in [0, 0.1) is 0 Å². The molecular weight excluding hydrogens is 206 g/mol. The van der Waals surface area contributed by atoms with Gasteiger partial charge in [0.15, 0.2) is 11.5 Å². The van der Waals surface area contributed by atoms with Crippen molar-refractivity contribution in [3.05, 3.63) is 35.7 Å². The van der Waals surface area contributed by atoms with Crippen molar-refractivity contribution in [1.29, 1.82) is 0 Å². The van der Waals surface area contributed by atoms with E-state index in [0.29, 0.717) is 11.5 Å². The predicted octanol–water partition coefficient (Wildman–Crippen LogP) is 2.49. The van der Waals surface area contributed by atoms with Crippen LogP contribution in [0.15, 0.2) is 28.7 Å². The number of fused-ring (bicyclic) bond motifs is 1. The Kier molecular flexibility index (Phi) is 2.72. The monoisotopic (exact) mass is 217 g/mol. The van der Waals surface area contributed by atoms with E-state index in [0.717, 1.165) is 23.6 Å². The Morgan fingerprint density at radius 2 is 2.38 bits per heavy atom.